The molecule has 4 rings (SSSR count). The van der Waals surface area contributed by atoms with Crippen molar-refractivity contribution in [2.75, 3.05) is 0 Å². The molecule has 0 N–H and O–H groups in total. The molecule has 0 amide bonds. The summed E-state index contributed by atoms with van der Waals surface area (Å²) < 4.78 is 174. The first-order chi connectivity index (χ1) is 21.3. The van der Waals surface area contributed by atoms with Gasteiger partial charge in [-0.15, -0.1) is 0 Å². The third-order valence-electron chi connectivity index (χ3n) is 6.01. The summed E-state index contributed by atoms with van der Waals surface area (Å²) in [5.74, 6) is -29.8. The molecule has 0 unspecified atom stereocenters. The van der Waals surface area contributed by atoms with Crippen molar-refractivity contribution in [2.24, 2.45) is 0 Å². The summed E-state index contributed by atoms with van der Waals surface area (Å²) in [6, 6.07) is 24.6. The van der Waals surface area contributed by atoms with E-state index in [0.29, 0.717) is 19.6 Å². The summed E-state index contributed by atoms with van der Waals surface area (Å²) >= 11 is -0.400. The lowest BCUT2D eigenvalue weighted by atomic mass is 9.98. The molecule has 0 saturated heterocycles. The monoisotopic (exact) mass is 734 g/mol. The van der Waals surface area contributed by atoms with E-state index in [1.54, 1.807) is 60.7 Å². The fourth-order valence-electron chi connectivity index (χ4n) is 3.58. The summed E-state index contributed by atoms with van der Waals surface area (Å²) in [6.07, 6.45) is 0. The number of rotatable bonds is 13. The van der Waals surface area contributed by atoms with Crippen LogP contribution in [0.1, 0.15) is 0 Å². The summed E-state index contributed by atoms with van der Waals surface area (Å²) in [7, 11) is 0. The van der Waals surface area contributed by atoms with Crippen molar-refractivity contribution in [1.82, 2.24) is 0 Å². The smallest absolute Gasteiger partial charge is 0.192 e. The lowest BCUT2D eigenvalue weighted by Gasteiger charge is -2.40. The average Bonchev–Trinajstić information content (AvgIpc) is 2.99. The fourth-order valence-corrected chi connectivity index (χ4v) is 6.91. The van der Waals surface area contributed by atoms with Gasteiger partial charge in [-0.2, -0.15) is 52.7 Å². The van der Waals surface area contributed by atoms with Gasteiger partial charge in [0.05, 0.1) is 0 Å². The van der Waals surface area contributed by atoms with Crippen LogP contribution in [0, 0.1) is 0 Å². The van der Waals surface area contributed by atoms with Gasteiger partial charge < -0.3 is 0 Å². The van der Waals surface area contributed by atoms with Crippen LogP contribution in [-0.2, 0) is 0 Å². The molecule has 0 aliphatic rings. The van der Waals surface area contributed by atoms with Crippen LogP contribution in [0.25, 0.3) is 0 Å². The molecule has 0 bridgehead atoms. The van der Waals surface area contributed by atoms with Crippen LogP contribution in [0.3, 0.4) is 0 Å². The van der Waals surface area contributed by atoms with Crippen LogP contribution in [0.5, 0.6) is 0 Å². The Balaban J connectivity index is 1.50. The van der Waals surface area contributed by atoms with Crippen LogP contribution < -0.4 is 0 Å². The molecular weight excluding hydrogens is 717 g/mol. The highest BCUT2D eigenvalue weighted by Gasteiger charge is 2.90. The Hall–Kier alpha value is -2.56. The molecule has 0 atom stereocenters. The molecule has 46 heavy (non-hydrogen) atoms. The van der Waals surface area contributed by atoms with Crippen molar-refractivity contribution >= 4 is 47.0 Å². The zero-order valence-corrected chi connectivity index (χ0v) is 25.8. The van der Waals surface area contributed by atoms with E-state index in [9.17, 15) is 52.7 Å². The molecule has 0 heterocycles. The van der Waals surface area contributed by atoms with Gasteiger partial charge in [0.2, 0.25) is 0 Å². The Morgan fingerprint density at radius 1 is 0.283 bits per heavy atom. The van der Waals surface area contributed by atoms with Crippen molar-refractivity contribution < 1.29 is 52.7 Å². The molecule has 0 fully saturated rings. The Morgan fingerprint density at radius 2 is 0.522 bits per heavy atom. The number of thioether (sulfide) groups is 2. The molecule has 0 radical (unpaired) electrons. The van der Waals surface area contributed by atoms with Gasteiger partial charge in [-0.1, -0.05) is 59.9 Å². The molecule has 0 aliphatic heterocycles. The van der Waals surface area contributed by atoms with Crippen LogP contribution in [0.2, 0.25) is 0 Å². The van der Waals surface area contributed by atoms with Gasteiger partial charge in [-0.25, -0.2) is 0 Å². The summed E-state index contributed by atoms with van der Waals surface area (Å²) in [5.41, 5.74) is 0. The maximum atomic E-state index is 14.5. The predicted molar refractivity (Wildman–Crippen MR) is 155 cm³/mol. The largest absolute Gasteiger partial charge is 0.388 e. The van der Waals surface area contributed by atoms with Crippen molar-refractivity contribution in [2.45, 2.75) is 63.6 Å². The number of hydrogen-bond donors (Lipinski definition) is 0. The summed E-state index contributed by atoms with van der Waals surface area (Å²) in [5, 5.41) is -12.3. The molecule has 16 heteroatoms. The molecule has 4 aromatic carbocycles. The first kappa shape index (κ1) is 36.3. The SMILES string of the molecule is FC(F)(Sc1ccc(Sc2ccccc2)cc1)C(F)(F)C(F)(F)C(F)(F)C(F)(F)C(F)(F)Sc1ccc(Sc2ccccc2)cc1. The van der Waals surface area contributed by atoms with Crippen LogP contribution >= 0.6 is 47.0 Å². The minimum atomic E-state index is -7.65. The van der Waals surface area contributed by atoms with E-state index in [2.05, 4.69) is 0 Å². The van der Waals surface area contributed by atoms with Crippen molar-refractivity contribution in [3.63, 3.8) is 0 Å². The lowest BCUT2D eigenvalue weighted by Crippen LogP contribution is -2.69. The van der Waals surface area contributed by atoms with Gasteiger partial charge in [0.15, 0.2) is 0 Å². The predicted octanol–water partition coefficient (Wildman–Crippen LogP) is 12.6. The molecule has 0 spiro atoms. The van der Waals surface area contributed by atoms with Crippen molar-refractivity contribution in [3.05, 3.63) is 109 Å². The van der Waals surface area contributed by atoms with Crippen molar-refractivity contribution in [3.8, 4) is 0 Å². The molecular formula is C30H18F12S4. The van der Waals surface area contributed by atoms with Crippen molar-refractivity contribution in [1.29, 1.82) is 0 Å². The van der Waals surface area contributed by atoms with Gasteiger partial charge in [-0.3, -0.25) is 0 Å². The summed E-state index contributed by atoms with van der Waals surface area (Å²) in [4.78, 5) is 0.538. The Bertz CT molecular complexity index is 1460. The Kier molecular flexibility index (Phi) is 10.7. The van der Waals surface area contributed by atoms with Crippen LogP contribution in [0.4, 0.5) is 52.7 Å². The second-order valence-electron chi connectivity index (χ2n) is 9.31. The van der Waals surface area contributed by atoms with Gasteiger partial charge in [0.25, 0.3) is 0 Å². The quantitative estimate of drug-likeness (QED) is 0.0990. The van der Waals surface area contributed by atoms with Gasteiger partial charge in [0.1, 0.15) is 0 Å². The lowest BCUT2D eigenvalue weighted by molar-refractivity contribution is -0.405. The van der Waals surface area contributed by atoms with Gasteiger partial charge in [0, 0.05) is 29.4 Å². The minimum Gasteiger partial charge on any atom is -0.192 e. The Morgan fingerprint density at radius 3 is 0.804 bits per heavy atom. The normalized spacial score (nSPS) is 13.6. The number of benzene rings is 4. The van der Waals surface area contributed by atoms with Crippen LogP contribution in [0.15, 0.2) is 139 Å². The molecule has 0 aromatic heterocycles. The highest BCUT2D eigenvalue weighted by atomic mass is 32.2. The van der Waals surface area contributed by atoms with Crippen LogP contribution in [-0.4, -0.2) is 34.2 Å². The first-order valence-electron chi connectivity index (χ1n) is 12.6. The molecule has 0 aliphatic carbocycles. The molecule has 246 valence electrons. The third kappa shape index (κ3) is 7.29. The zero-order chi connectivity index (χ0) is 34.0. The standard InChI is InChI=1S/C30H18F12S4/c31-25(32,27(35,36)29(39,40)45-23-15-11-21(12-16-23)43-19-7-3-1-4-8-19)26(33,34)28(37,38)30(41,42)46-24-17-13-22(14-18-24)44-20-9-5-2-6-10-20/h1-18H. The van der Waals surface area contributed by atoms with E-state index in [1.807, 2.05) is 0 Å². The molecule has 0 nitrogen and oxygen atoms in total. The Labute approximate surface area is 271 Å². The second-order valence-corrected chi connectivity index (χ2v) is 14.0. The topological polar surface area (TPSA) is 0 Å². The molecule has 4 aromatic rings. The minimum absolute atomic E-state index is 0.395. The second kappa shape index (κ2) is 13.5. The third-order valence-corrected chi connectivity index (χ3v) is 10.1. The average molecular weight is 735 g/mol. The van der Waals surface area contributed by atoms with E-state index in [1.165, 1.54) is 0 Å². The van der Waals surface area contributed by atoms with E-state index >= 15 is 0 Å². The van der Waals surface area contributed by atoms with Gasteiger partial charge >= 0.3 is 34.2 Å². The summed E-state index contributed by atoms with van der Waals surface area (Å²) in [6.45, 7) is 0. The van der Waals surface area contributed by atoms with E-state index in [0.717, 1.165) is 72.1 Å². The van der Waals surface area contributed by atoms with E-state index in [4.69, 9.17) is 0 Å². The number of hydrogen-bond acceptors (Lipinski definition) is 4. The zero-order valence-electron chi connectivity index (χ0n) is 22.6. The van der Waals surface area contributed by atoms with E-state index in [-0.39, 0.29) is 0 Å². The van der Waals surface area contributed by atoms with Gasteiger partial charge in [-0.05, 0) is 96.3 Å². The number of alkyl halides is 12. The first-order valence-corrected chi connectivity index (χ1v) is 15.9. The maximum absolute atomic E-state index is 14.5. The molecule has 0 saturated carbocycles. The highest BCUT2D eigenvalue weighted by molar-refractivity contribution is 8.01. The fraction of sp³-hybridized carbons (Fsp3) is 0.200. The highest BCUT2D eigenvalue weighted by Crippen LogP contribution is 2.64. The number of halogens is 12. The van der Waals surface area contributed by atoms with E-state index < -0.39 is 67.5 Å². The maximum Gasteiger partial charge on any atom is 0.388 e.